The van der Waals surface area contributed by atoms with E-state index in [1.54, 1.807) is 24.3 Å². The summed E-state index contributed by atoms with van der Waals surface area (Å²) in [5.74, 6) is 0.381. The van der Waals surface area contributed by atoms with Gasteiger partial charge in [0.1, 0.15) is 5.75 Å². The van der Waals surface area contributed by atoms with Gasteiger partial charge in [-0.2, -0.15) is 0 Å². The van der Waals surface area contributed by atoms with Crippen LogP contribution in [0.2, 0.25) is 5.02 Å². The number of para-hydroxylation sites is 1. The average molecular weight is 314 g/mol. The van der Waals surface area contributed by atoms with Crippen molar-refractivity contribution in [3.05, 3.63) is 29.3 Å². The Hall–Kier alpha value is -1.26. The zero-order valence-electron chi connectivity index (χ0n) is 13.0. The molecule has 0 radical (unpaired) electrons. The smallest absolute Gasteiger partial charge is 0.257 e. The predicted octanol–water partition coefficient (Wildman–Crippen LogP) is 2.88. The van der Waals surface area contributed by atoms with Crippen molar-refractivity contribution in [1.82, 2.24) is 5.32 Å². The number of hydrogen-bond donors (Lipinski definition) is 2. The summed E-state index contributed by atoms with van der Waals surface area (Å²) in [5, 5.41) is 13.4. The Kier molecular flexibility index (Phi) is 6.49. The molecule has 0 aliphatic heterocycles. The van der Waals surface area contributed by atoms with Crippen molar-refractivity contribution in [3.63, 3.8) is 0 Å². The fourth-order valence-electron chi connectivity index (χ4n) is 2.09. The van der Waals surface area contributed by atoms with Gasteiger partial charge >= 0.3 is 0 Å². The molecule has 1 atom stereocenters. The summed E-state index contributed by atoms with van der Waals surface area (Å²) in [4.78, 5) is 11.8. The van der Waals surface area contributed by atoms with Gasteiger partial charge in [0.05, 0.1) is 11.1 Å². The van der Waals surface area contributed by atoms with E-state index in [0.29, 0.717) is 17.3 Å². The summed E-state index contributed by atoms with van der Waals surface area (Å²) >= 11 is 5.94. The number of carbonyl (C=O) groups excluding carboxylic acids is 1. The summed E-state index contributed by atoms with van der Waals surface area (Å²) in [6.45, 7) is 8.04. The van der Waals surface area contributed by atoms with E-state index in [4.69, 9.17) is 16.3 Å². The van der Waals surface area contributed by atoms with Crippen molar-refractivity contribution >= 4 is 17.5 Å². The average Bonchev–Trinajstić information content (AvgIpc) is 2.43. The van der Waals surface area contributed by atoms with E-state index in [-0.39, 0.29) is 18.4 Å². The van der Waals surface area contributed by atoms with Crippen LogP contribution < -0.4 is 10.1 Å². The molecule has 2 N–H and O–H groups in total. The van der Waals surface area contributed by atoms with E-state index in [2.05, 4.69) is 5.32 Å². The maximum absolute atomic E-state index is 11.8. The molecule has 0 aliphatic rings. The lowest BCUT2D eigenvalue weighted by Gasteiger charge is -2.33. The molecule has 1 rings (SSSR count). The fraction of sp³-hybridized carbons (Fsp3) is 0.562. The van der Waals surface area contributed by atoms with Crippen LogP contribution >= 0.6 is 11.6 Å². The van der Waals surface area contributed by atoms with Crippen LogP contribution in [0.15, 0.2) is 24.3 Å². The standard InChI is InChI=1S/C16H24ClNO3/c1-11(2)15(20)16(3,4)10-18-14(19)9-21-13-8-6-5-7-12(13)17/h5-8,11,15,20H,9-10H2,1-4H3,(H,18,19). The van der Waals surface area contributed by atoms with Gasteiger partial charge in [-0.15, -0.1) is 0 Å². The number of carbonyl (C=O) groups is 1. The van der Waals surface area contributed by atoms with Crippen LogP contribution in [0, 0.1) is 11.3 Å². The number of aliphatic hydroxyl groups excluding tert-OH is 1. The lowest BCUT2D eigenvalue weighted by Crippen LogP contribution is -2.44. The van der Waals surface area contributed by atoms with Gasteiger partial charge in [-0.1, -0.05) is 51.4 Å². The first-order chi connectivity index (χ1) is 9.74. The number of ether oxygens (including phenoxy) is 1. The molecule has 0 saturated carbocycles. The predicted molar refractivity (Wildman–Crippen MR) is 84.6 cm³/mol. The second-order valence-corrected chi connectivity index (χ2v) is 6.58. The molecule has 4 nitrogen and oxygen atoms in total. The number of benzene rings is 1. The van der Waals surface area contributed by atoms with Crippen LogP contribution in [-0.4, -0.2) is 30.3 Å². The van der Waals surface area contributed by atoms with Crippen molar-refractivity contribution in [2.24, 2.45) is 11.3 Å². The molecule has 0 aliphatic carbocycles. The van der Waals surface area contributed by atoms with Gasteiger partial charge in [-0.25, -0.2) is 0 Å². The highest BCUT2D eigenvalue weighted by Gasteiger charge is 2.30. The second kappa shape index (κ2) is 7.66. The molecule has 0 spiro atoms. The first-order valence-electron chi connectivity index (χ1n) is 7.06. The minimum absolute atomic E-state index is 0.0996. The Balaban J connectivity index is 2.43. The first-order valence-corrected chi connectivity index (χ1v) is 7.44. The fourth-order valence-corrected chi connectivity index (χ4v) is 2.28. The van der Waals surface area contributed by atoms with E-state index in [1.165, 1.54) is 0 Å². The number of aliphatic hydroxyl groups is 1. The molecular formula is C16H24ClNO3. The molecule has 1 aromatic carbocycles. The second-order valence-electron chi connectivity index (χ2n) is 6.17. The summed E-state index contributed by atoms with van der Waals surface area (Å²) in [6, 6.07) is 7.01. The van der Waals surface area contributed by atoms with Crippen LogP contribution in [0.5, 0.6) is 5.75 Å². The van der Waals surface area contributed by atoms with Crippen molar-refractivity contribution in [2.75, 3.05) is 13.2 Å². The Labute approximate surface area is 131 Å². The van der Waals surface area contributed by atoms with Gasteiger partial charge in [-0.05, 0) is 18.1 Å². The molecule has 0 bridgehead atoms. The Bertz CT molecular complexity index is 474. The topological polar surface area (TPSA) is 58.6 Å². The zero-order valence-corrected chi connectivity index (χ0v) is 13.8. The quantitative estimate of drug-likeness (QED) is 0.814. The van der Waals surface area contributed by atoms with Crippen molar-refractivity contribution < 1.29 is 14.6 Å². The van der Waals surface area contributed by atoms with E-state index in [1.807, 2.05) is 27.7 Å². The lowest BCUT2D eigenvalue weighted by atomic mass is 9.81. The highest BCUT2D eigenvalue weighted by molar-refractivity contribution is 6.32. The molecule has 1 amide bonds. The number of amides is 1. The molecule has 0 fully saturated rings. The van der Waals surface area contributed by atoms with Crippen molar-refractivity contribution in [3.8, 4) is 5.75 Å². The number of halogens is 1. The molecule has 0 saturated heterocycles. The monoisotopic (exact) mass is 313 g/mol. The maximum Gasteiger partial charge on any atom is 0.257 e. The first kappa shape index (κ1) is 17.8. The van der Waals surface area contributed by atoms with Gasteiger partial charge in [0.2, 0.25) is 0 Å². The third kappa shape index (κ3) is 5.56. The zero-order chi connectivity index (χ0) is 16.0. The van der Waals surface area contributed by atoms with Gasteiger partial charge in [-0.3, -0.25) is 4.79 Å². The van der Waals surface area contributed by atoms with E-state index < -0.39 is 11.5 Å². The molecule has 5 heteroatoms. The highest BCUT2D eigenvalue weighted by atomic mass is 35.5. The van der Waals surface area contributed by atoms with Crippen LogP contribution in [0.4, 0.5) is 0 Å². The Morgan fingerprint density at radius 1 is 1.38 bits per heavy atom. The normalized spacial score (nSPS) is 13.1. The lowest BCUT2D eigenvalue weighted by molar-refractivity contribution is -0.124. The van der Waals surface area contributed by atoms with E-state index in [0.717, 1.165) is 0 Å². The summed E-state index contributed by atoms with van der Waals surface area (Å²) in [7, 11) is 0. The van der Waals surface area contributed by atoms with Gasteiger partial charge < -0.3 is 15.2 Å². The minimum atomic E-state index is -0.484. The SMILES string of the molecule is CC(C)C(O)C(C)(C)CNC(=O)COc1ccccc1Cl. The minimum Gasteiger partial charge on any atom is -0.482 e. The molecule has 1 aromatic rings. The van der Waals surface area contributed by atoms with Gasteiger partial charge in [0.25, 0.3) is 5.91 Å². The molecular weight excluding hydrogens is 290 g/mol. The summed E-state index contributed by atoms with van der Waals surface area (Å²) in [6.07, 6.45) is -0.484. The van der Waals surface area contributed by atoms with E-state index >= 15 is 0 Å². The number of hydrogen-bond acceptors (Lipinski definition) is 3. The van der Waals surface area contributed by atoms with Crippen LogP contribution in [0.3, 0.4) is 0 Å². The molecule has 118 valence electrons. The van der Waals surface area contributed by atoms with Crippen LogP contribution in [0.1, 0.15) is 27.7 Å². The van der Waals surface area contributed by atoms with Crippen LogP contribution in [0.25, 0.3) is 0 Å². The van der Waals surface area contributed by atoms with Gasteiger partial charge in [0.15, 0.2) is 6.61 Å². The molecule has 21 heavy (non-hydrogen) atoms. The van der Waals surface area contributed by atoms with Gasteiger partial charge in [0, 0.05) is 12.0 Å². The Morgan fingerprint density at radius 3 is 2.57 bits per heavy atom. The highest BCUT2D eigenvalue weighted by Crippen LogP contribution is 2.25. The van der Waals surface area contributed by atoms with E-state index in [9.17, 15) is 9.90 Å². The molecule has 1 unspecified atom stereocenters. The third-order valence-corrected chi connectivity index (χ3v) is 3.68. The molecule has 0 aromatic heterocycles. The summed E-state index contributed by atoms with van der Waals surface area (Å²) in [5.41, 5.74) is -0.395. The largest absolute Gasteiger partial charge is 0.482 e. The maximum atomic E-state index is 11.8. The number of nitrogens with one attached hydrogen (secondary N) is 1. The van der Waals surface area contributed by atoms with Crippen LogP contribution in [-0.2, 0) is 4.79 Å². The molecule has 0 heterocycles. The number of rotatable bonds is 7. The van der Waals surface area contributed by atoms with Crippen molar-refractivity contribution in [2.45, 2.75) is 33.8 Å². The Morgan fingerprint density at radius 2 is 2.00 bits per heavy atom. The third-order valence-electron chi connectivity index (χ3n) is 3.37. The van der Waals surface area contributed by atoms with Crippen molar-refractivity contribution in [1.29, 1.82) is 0 Å². The summed E-state index contributed by atoms with van der Waals surface area (Å²) < 4.78 is 5.37.